The average Bonchev–Trinajstić information content (AvgIpc) is 2.25. The van der Waals surface area contributed by atoms with Gasteiger partial charge in [-0.2, -0.15) is 18.7 Å². The summed E-state index contributed by atoms with van der Waals surface area (Å²) in [6.07, 6.45) is -4.55. The first kappa shape index (κ1) is 13.6. The molecular weight excluding hydrogens is 239 g/mol. The van der Waals surface area contributed by atoms with Crippen molar-refractivity contribution < 1.29 is 27.9 Å². The van der Waals surface area contributed by atoms with Crippen molar-refractivity contribution in [2.45, 2.75) is 12.7 Å². The summed E-state index contributed by atoms with van der Waals surface area (Å²) >= 11 is 0. The number of hydrogen-bond acceptors (Lipinski definition) is 4. The molecule has 17 heavy (non-hydrogen) atoms. The predicted octanol–water partition coefficient (Wildman–Crippen LogP) is 2.07. The Labute approximate surface area is 95.9 Å². The lowest BCUT2D eigenvalue weighted by molar-refractivity contribution is -0.138. The Hall–Kier alpha value is -1.47. The van der Waals surface area contributed by atoms with Crippen molar-refractivity contribution in [1.82, 2.24) is 5.48 Å². The number of aromatic hydroxyl groups is 1. The van der Waals surface area contributed by atoms with Crippen LogP contribution in [0.2, 0.25) is 0 Å². The number of halogens is 3. The number of alkyl halides is 3. The number of rotatable bonds is 4. The molecule has 0 fully saturated rings. The van der Waals surface area contributed by atoms with Crippen molar-refractivity contribution >= 4 is 0 Å². The maximum atomic E-state index is 12.7. The van der Waals surface area contributed by atoms with Gasteiger partial charge < -0.3 is 14.7 Å². The Bertz CT molecular complexity index is 393. The van der Waals surface area contributed by atoms with Crippen LogP contribution in [0.3, 0.4) is 0 Å². The highest BCUT2D eigenvalue weighted by Crippen LogP contribution is 2.40. The second-order valence-electron chi connectivity index (χ2n) is 3.17. The van der Waals surface area contributed by atoms with E-state index in [1.54, 1.807) is 0 Å². The van der Waals surface area contributed by atoms with Crippen LogP contribution in [0.15, 0.2) is 12.1 Å². The Balaban J connectivity index is 3.25. The lowest BCUT2D eigenvalue weighted by Crippen LogP contribution is -2.17. The number of ether oxygens (including phenoxy) is 1. The summed E-state index contributed by atoms with van der Waals surface area (Å²) in [5.74, 6) is -0.572. The highest BCUT2D eigenvalue weighted by Gasteiger charge is 2.35. The Morgan fingerprint density at radius 1 is 1.29 bits per heavy atom. The molecule has 0 atom stereocenters. The third-order valence-electron chi connectivity index (χ3n) is 2.16. The topological polar surface area (TPSA) is 50.7 Å². The fraction of sp³-hybridized carbons (Fsp3) is 0.400. The first-order valence-corrected chi connectivity index (χ1v) is 4.63. The Kier molecular flexibility index (Phi) is 4.19. The van der Waals surface area contributed by atoms with Gasteiger partial charge in [0.1, 0.15) is 0 Å². The van der Waals surface area contributed by atoms with Crippen LogP contribution in [0.5, 0.6) is 11.5 Å². The molecular formula is C10H12F3NO3. The molecule has 1 aromatic carbocycles. The standard InChI is InChI=1S/C10H12F3NO3/c1-16-8-4-3-7(10(11,12)13)6(9(8)15)5-14-17-2/h3-4,14-15H,5H2,1-2H3. The van der Waals surface area contributed by atoms with E-state index in [-0.39, 0.29) is 17.9 Å². The summed E-state index contributed by atoms with van der Waals surface area (Å²) in [6, 6.07) is 1.92. The lowest BCUT2D eigenvalue weighted by Gasteiger charge is -2.16. The maximum Gasteiger partial charge on any atom is 0.416 e. The van der Waals surface area contributed by atoms with Crippen molar-refractivity contribution in [3.8, 4) is 11.5 Å². The zero-order chi connectivity index (χ0) is 13.1. The quantitative estimate of drug-likeness (QED) is 0.804. The Morgan fingerprint density at radius 2 is 1.94 bits per heavy atom. The summed E-state index contributed by atoms with van der Waals surface area (Å²) in [6.45, 7) is -0.283. The van der Waals surface area contributed by atoms with Gasteiger partial charge in [0.05, 0.1) is 26.3 Å². The number of phenols is 1. The van der Waals surface area contributed by atoms with E-state index in [1.807, 2.05) is 0 Å². The van der Waals surface area contributed by atoms with E-state index in [0.29, 0.717) is 0 Å². The van der Waals surface area contributed by atoms with Crippen LogP contribution in [0.1, 0.15) is 11.1 Å². The van der Waals surface area contributed by atoms with E-state index in [9.17, 15) is 18.3 Å². The molecule has 96 valence electrons. The van der Waals surface area contributed by atoms with E-state index < -0.39 is 17.5 Å². The molecule has 0 bridgehead atoms. The molecule has 7 heteroatoms. The van der Waals surface area contributed by atoms with Crippen molar-refractivity contribution in [2.24, 2.45) is 0 Å². The Morgan fingerprint density at radius 3 is 2.41 bits per heavy atom. The number of phenolic OH excluding ortho intramolecular Hbond substituents is 1. The number of hydroxylamine groups is 1. The van der Waals surface area contributed by atoms with E-state index in [1.165, 1.54) is 14.2 Å². The first-order valence-electron chi connectivity index (χ1n) is 4.63. The van der Waals surface area contributed by atoms with Crippen molar-refractivity contribution in [2.75, 3.05) is 14.2 Å². The molecule has 0 heterocycles. The first-order chi connectivity index (χ1) is 7.91. The summed E-state index contributed by atoms with van der Waals surface area (Å²) < 4.78 is 42.8. The molecule has 0 radical (unpaired) electrons. The molecule has 0 aromatic heterocycles. The summed E-state index contributed by atoms with van der Waals surface area (Å²) in [7, 11) is 2.53. The minimum atomic E-state index is -4.55. The number of methoxy groups -OCH3 is 1. The van der Waals surface area contributed by atoms with Crippen molar-refractivity contribution in [3.63, 3.8) is 0 Å². The highest BCUT2D eigenvalue weighted by atomic mass is 19.4. The summed E-state index contributed by atoms with van der Waals surface area (Å²) in [5, 5.41) is 9.64. The largest absolute Gasteiger partial charge is 0.504 e. The van der Waals surface area contributed by atoms with Crippen LogP contribution in [0, 0.1) is 0 Å². The molecule has 0 unspecified atom stereocenters. The molecule has 0 saturated carbocycles. The van der Waals surface area contributed by atoms with Gasteiger partial charge in [-0.25, -0.2) is 0 Å². The molecule has 0 spiro atoms. The fourth-order valence-electron chi connectivity index (χ4n) is 1.37. The third-order valence-corrected chi connectivity index (χ3v) is 2.16. The second kappa shape index (κ2) is 5.24. The van der Waals surface area contributed by atoms with Crippen molar-refractivity contribution in [3.05, 3.63) is 23.3 Å². The van der Waals surface area contributed by atoms with E-state index in [2.05, 4.69) is 10.3 Å². The molecule has 2 N–H and O–H groups in total. The lowest BCUT2D eigenvalue weighted by atomic mass is 10.1. The van der Waals surface area contributed by atoms with Gasteiger partial charge in [-0.3, -0.25) is 0 Å². The van der Waals surface area contributed by atoms with Crippen LogP contribution in [0.4, 0.5) is 13.2 Å². The van der Waals surface area contributed by atoms with Crippen LogP contribution < -0.4 is 10.2 Å². The third kappa shape index (κ3) is 3.01. The minimum Gasteiger partial charge on any atom is -0.504 e. The molecule has 1 aromatic rings. The molecule has 0 aliphatic carbocycles. The van der Waals surface area contributed by atoms with Gasteiger partial charge in [-0.1, -0.05) is 0 Å². The van der Waals surface area contributed by atoms with Crippen LogP contribution in [-0.4, -0.2) is 19.3 Å². The van der Waals surface area contributed by atoms with Gasteiger partial charge >= 0.3 is 6.18 Å². The number of hydrogen-bond donors (Lipinski definition) is 2. The van der Waals surface area contributed by atoms with Gasteiger partial charge in [0.2, 0.25) is 0 Å². The van der Waals surface area contributed by atoms with Gasteiger partial charge in [0.25, 0.3) is 0 Å². The molecule has 0 aliphatic heterocycles. The molecule has 4 nitrogen and oxygen atoms in total. The van der Waals surface area contributed by atoms with Gasteiger partial charge in [-0.05, 0) is 12.1 Å². The zero-order valence-corrected chi connectivity index (χ0v) is 9.26. The summed E-state index contributed by atoms with van der Waals surface area (Å²) in [5.41, 5.74) is 1.00. The van der Waals surface area contributed by atoms with E-state index >= 15 is 0 Å². The normalized spacial score (nSPS) is 11.6. The van der Waals surface area contributed by atoms with Gasteiger partial charge in [0.15, 0.2) is 11.5 Å². The van der Waals surface area contributed by atoms with Crippen LogP contribution in [0.25, 0.3) is 0 Å². The minimum absolute atomic E-state index is 0.0223. The number of nitrogens with one attached hydrogen (secondary N) is 1. The van der Waals surface area contributed by atoms with E-state index in [4.69, 9.17) is 4.74 Å². The molecule has 0 aliphatic rings. The molecule has 0 saturated heterocycles. The zero-order valence-electron chi connectivity index (χ0n) is 9.26. The average molecular weight is 251 g/mol. The SMILES string of the molecule is CONCc1c(C(F)(F)F)ccc(OC)c1O. The monoisotopic (exact) mass is 251 g/mol. The van der Waals surface area contributed by atoms with Crippen LogP contribution >= 0.6 is 0 Å². The second-order valence-corrected chi connectivity index (χ2v) is 3.17. The highest BCUT2D eigenvalue weighted by molar-refractivity contribution is 5.50. The van der Waals surface area contributed by atoms with Crippen LogP contribution in [-0.2, 0) is 17.6 Å². The fourth-order valence-corrected chi connectivity index (χ4v) is 1.37. The maximum absolute atomic E-state index is 12.7. The van der Waals surface area contributed by atoms with E-state index in [0.717, 1.165) is 12.1 Å². The van der Waals surface area contributed by atoms with Gasteiger partial charge in [-0.15, -0.1) is 0 Å². The molecule has 1 rings (SSSR count). The van der Waals surface area contributed by atoms with Gasteiger partial charge in [0, 0.05) is 5.56 Å². The summed E-state index contributed by atoms with van der Waals surface area (Å²) in [4.78, 5) is 4.47. The smallest absolute Gasteiger partial charge is 0.416 e. The number of benzene rings is 1. The molecule has 0 amide bonds. The predicted molar refractivity (Wildman–Crippen MR) is 53.5 cm³/mol. The van der Waals surface area contributed by atoms with Crippen molar-refractivity contribution in [1.29, 1.82) is 0 Å².